The van der Waals surface area contributed by atoms with Crippen LogP contribution in [0.15, 0.2) is 29.2 Å². The van der Waals surface area contributed by atoms with Gasteiger partial charge in [-0.2, -0.15) is 0 Å². The van der Waals surface area contributed by atoms with Crippen molar-refractivity contribution in [1.29, 1.82) is 0 Å². The summed E-state index contributed by atoms with van der Waals surface area (Å²) in [4.78, 5) is 15.1. The van der Waals surface area contributed by atoms with Crippen LogP contribution in [-0.4, -0.2) is 51.4 Å². The van der Waals surface area contributed by atoms with E-state index in [0.717, 1.165) is 43.3 Å². The van der Waals surface area contributed by atoms with Crippen molar-refractivity contribution in [1.82, 2.24) is 14.9 Å². The molecule has 5 atom stereocenters. The van der Waals surface area contributed by atoms with Crippen LogP contribution >= 0.6 is 0 Å². The average Bonchev–Trinajstić information content (AvgIpc) is 3.37. The summed E-state index contributed by atoms with van der Waals surface area (Å²) < 4.78 is 27.9. The Morgan fingerprint density at radius 2 is 1.94 bits per heavy atom. The number of nitrogens with zero attached hydrogens (tertiary/aromatic N) is 1. The van der Waals surface area contributed by atoms with Gasteiger partial charge in [0.1, 0.15) is 0 Å². The van der Waals surface area contributed by atoms with Crippen molar-refractivity contribution in [3.05, 3.63) is 29.8 Å². The number of piperidine rings is 1. The van der Waals surface area contributed by atoms with E-state index in [4.69, 9.17) is 0 Å². The lowest BCUT2D eigenvalue weighted by atomic mass is 9.84. The number of nitrogens with one attached hydrogen (secondary N) is 2. The Morgan fingerprint density at radius 1 is 1.16 bits per heavy atom. The van der Waals surface area contributed by atoms with E-state index in [0.29, 0.717) is 23.9 Å². The molecule has 31 heavy (non-hydrogen) atoms. The van der Waals surface area contributed by atoms with E-state index in [1.165, 1.54) is 25.7 Å². The van der Waals surface area contributed by atoms with Gasteiger partial charge in [0.05, 0.1) is 11.4 Å². The summed E-state index contributed by atoms with van der Waals surface area (Å²) in [5.41, 5.74) is 1.04. The maximum atomic E-state index is 12.7. The summed E-state index contributed by atoms with van der Waals surface area (Å²) in [6.45, 7) is 6.59. The van der Waals surface area contributed by atoms with Crippen LogP contribution in [0.5, 0.6) is 0 Å². The molecule has 7 heteroatoms. The number of sulfonamides is 1. The van der Waals surface area contributed by atoms with Gasteiger partial charge in [-0.1, -0.05) is 24.1 Å². The highest BCUT2D eigenvalue weighted by Gasteiger charge is 2.42. The molecule has 2 saturated carbocycles. The number of hydrogen-bond acceptors (Lipinski definition) is 4. The molecule has 3 fully saturated rings. The van der Waals surface area contributed by atoms with Gasteiger partial charge in [0.2, 0.25) is 15.9 Å². The lowest BCUT2D eigenvalue weighted by molar-refractivity contribution is -0.123. The number of rotatable bonds is 8. The molecule has 0 spiro atoms. The first kappa shape index (κ1) is 22.7. The smallest absolute Gasteiger partial charge is 0.240 e. The fourth-order valence-corrected chi connectivity index (χ4v) is 7.12. The van der Waals surface area contributed by atoms with E-state index in [1.807, 2.05) is 19.1 Å². The van der Waals surface area contributed by atoms with Crippen LogP contribution in [-0.2, 0) is 14.8 Å². The van der Waals surface area contributed by atoms with Gasteiger partial charge in [-0.3, -0.25) is 9.69 Å². The Hall–Kier alpha value is -1.44. The molecule has 1 aliphatic heterocycles. The molecule has 4 rings (SSSR count). The molecule has 0 radical (unpaired) electrons. The van der Waals surface area contributed by atoms with Crippen molar-refractivity contribution in [3.8, 4) is 0 Å². The van der Waals surface area contributed by atoms with E-state index in [9.17, 15) is 13.2 Å². The number of likely N-dealkylation sites (tertiary alicyclic amines) is 1. The van der Waals surface area contributed by atoms with Crippen LogP contribution in [0.2, 0.25) is 0 Å². The maximum Gasteiger partial charge on any atom is 0.240 e. The molecule has 2 aliphatic carbocycles. The predicted octanol–water partition coefficient (Wildman–Crippen LogP) is 2.93. The number of fused-ring (bicyclic) bond motifs is 2. The number of aryl methyl sites for hydroxylation is 1. The minimum Gasteiger partial charge on any atom is -0.352 e. The molecule has 1 heterocycles. The van der Waals surface area contributed by atoms with Crippen molar-refractivity contribution >= 4 is 15.9 Å². The minimum atomic E-state index is -3.49. The summed E-state index contributed by atoms with van der Waals surface area (Å²) >= 11 is 0. The summed E-state index contributed by atoms with van der Waals surface area (Å²) in [6, 6.07) is 7.17. The number of carbonyl (C=O) groups excluding carboxylic acids is 1. The van der Waals surface area contributed by atoms with Crippen molar-refractivity contribution < 1.29 is 13.2 Å². The Morgan fingerprint density at radius 3 is 2.61 bits per heavy atom. The minimum absolute atomic E-state index is 0.108. The Balaban J connectivity index is 1.23. The van der Waals surface area contributed by atoms with Crippen LogP contribution in [0.3, 0.4) is 0 Å². The van der Waals surface area contributed by atoms with Crippen LogP contribution in [0.1, 0.15) is 51.0 Å². The fourth-order valence-electron chi connectivity index (χ4n) is 6.01. The van der Waals surface area contributed by atoms with E-state index < -0.39 is 10.0 Å². The maximum absolute atomic E-state index is 12.7. The number of hydrogen-bond donors (Lipinski definition) is 2. The van der Waals surface area contributed by atoms with Gasteiger partial charge in [-0.25, -0.2) is 13.1 Å². The first-order valence-electron chi connectivity index (χ1n) is 11.9. The molecule has 1 aromatic rings. The largest absolute Gasteiger partial charge is 0.352 e. The van der Waals surface area contributed by atoms with Crippen LogP contribution in [0.4, 0.5) is 0 Å². The second-order valence-corrected chi connectivity index (χ2v) is 11.9. The zero-order valence-corrected chi connectivity index (χ0v) is 19.7. The lowest BCUT2D eigenvalue weighted by Crippen LogP contribution is -2.48. The molecule has 2 bridgehead atoms. The van der Waals surface area contributed by atoms with E-state index in [1.54, 1.807) is 12.1 Å². The Kier molecular flexibility index (Phi) is 7.04. The van der Waals surface area contributed by atoms with E-state index in [2.05, 4.69) is 21.9 Å². The molecule has 0 aromatic heterocycles. The highest BCUT2D eigenvalue weighted by molar-refractivity contribution is 7.89. The fraction of sp³-hybridized carbons (Fsp3) is 0.708. The molecule has 2 N–H and O–H groups in total. The lowest BCUT2D eigenvalue weighted by Gasteiger charge is -2.33. The molecule has 6 nitrogen and oxygen atoms in total. The zero-order chi connectivity index (χ0) is 22.0. The Bertz CT molecular complexity index is 871. The van der Waals surface area contributed by atoms with Gasteiger partial charge >= 0.3 is 0 Å². The summed E-state index contributed by atoms with van der Waals surface area (Å²) in [5, 5.41) is 3.26. The summed E-state index contributed by atoms with van der Waals surface area (Å²) in [5.74, 6) is 2.68. The van der Waals surface area contributed by atoms with Crippen molar-refractivity contribution in [2.45, 2.75) is 63.3 Å². The average molecular weight is 448 g/mol. The van der Waals surface area contributed by atoms with Gasteiger partial charge in [-0.05, 0) is 88.3 Å². The predicted molar refractivity (Wildman–Crippen MR) is 122 cm³/mol. The molecule has 3 aliphatic rings. The van der Waals surface area contributed by atoms with Crippen molar-refractivity contribution in [3.63, 3.8) is 0 Å². The van der Waals surface area contributed by atoms with Gasteiger partial charge in [0.15, 0.2) is 0 Å². The van der Waals surface area contributed by atoms with Gasteiger partial charge in [0.25, 0.3) is 0 Å². The van der Waals surface area contributed by atoms with E-state index in [-0.39, 0.29) is 17.9 Å². The Labute approximate surface area is 187 Å². The third-order valence-corrected chi connectivity index (χ3v) is 9.13. The second kappa shape index (κ2) is 9.59. The topological polar surface area (TPSA) is 78.5 Å². The molecule has 1 saturated heterocycles. The SMILES string of the molecule is Cc1ccc(S(=O)(=O)NC[C@@H]2CCCN(CC(=O)N[C@H](C)[C@@H]3C[C@H]4CC[C@H]3C4)C2)cc1. The highest BCUT2D eigenvalue weighted by Crippen LogP contribution is 2.49. The molecular weight excluding hydrogens is 410 g/mol. The second-order valence-electron chi connectivity index (χ2n) is 10.1. The number of benzene rings is 1. The summed E-state index contributed by atoms with van der Waals surface area (Å²) in [7, 11) is -3.49. The molecule has 1 amide bonds. The summed E-state index contributed by atoms with van der Waals surface area (Å²) in [6.07, 6.45) is 7.32. The first-order valence-corrected chi connectivity index (χ1v) is 13.4. The monoisotopic (exact) mass is 447 g/mol. The van der Waals surface area contributed by atoms with Gasteiger partial charge in [0, 0.05) is 19.1 Å². The molecule has 0 unspecified atom stereocenters. The number of amides is 1. The third kappa shape index (κ3) is 5.68. The van der Waals surface area contributed by atoms with Crippen LogP contribution < -0.4 is 10.0 Å². The molecule has 172 valence electrons. The van der Waals surface area contributed by atoms with Gasteiger partial charge < -0.3 is 5.32 Å². The van der Waals surface area contributed by atoms with Crippen molar-refractivity contribution in [2.75, 3.05) is 26.2 Å². The van der Waals surface area contributed by atoms with Crippen molar-refractivity contribution in [2.24, 2.45) is 23.7 Å². The molecular formula is C24H37N3O3S. The molecule has 1 aromatic carbocycles. The standard InChI is InChI=1S/C24H37N3O3S/c1-17-5-9-22(10-6-17)31(29,30)25-14-20-4-3-11-27(15-20)16-24(28)26-18(2)23-13-19-7-8-21(23)12-19/h5-6,9-10,18-21,23,25H,3-4,7-8,11-16H2,1-2H3,(H,26,28)/t18-,19+,20+,21+,23+/m1/s1. The normalized spacial score (nSPS) is 29.7. The van der Waals surface area contributed by atoms with Crippen LogP contribution in [0, 0.1) is 30.6 Å². The zero-order valence-electron chi connectivity index (χ0n) is 18.8. The van der Waals surface area contributed by atoms with Gasteiger partial charge in [-0.15, -0.1) is 0 Å². The third-order valence-electron chi connectivity index (χ3n) is 7.69. The first-order chi connectivity index (χ1) is 14.8. The number of carbonyl (C=O) groups is 1. The highest BCUT2D eigenvalue weighted by atomic mass is 32.2. The quantitative estimate of drug-likeness (QED) is 0.642. The van der Waals surface area contributed by atoms with Crippen LogP contribution in [0.25, 0.3) is 0 Å². The van der Waals surface area contributed by atoms with E-state index >= 15 is 0 Å².